The molecule has 3 nitrogen and oxygen atoms in total. The molecule has 138 valence electrons. The summed E-state index contributed by atoms with van der Waals surface area (Å²) in [7, 11) is 2.38. The van der Waals surface area contributed by atoms with Gasteiger partial charge in [0.25, 0.3) is 0 Å². The fourth-order valence-electron chi connectivity index (χ4n) is 4.86. The maximum Gasteiger partial charge on any atom is 0.129 e. The van der Waals surface area contributed by atoms with Crippen molar-refractivity contribution in [1.29, 1.82) is 0 Å². The minimum Gasteiger partial charge on any atom is -0.353 e. The molecule has 0 saturated carbocycles. The van der Waals surface area contributed by atoms with Crippen molar-refractivity contribution >= 4 is 5.82 Å². The zero-order valence-electron chi connectivity index (χ0n) is 16.2. The summed E-state index contributed by atoms with van der Waals surface area (Å²) in [6, 6.07) is 16.8. The fraction of sp³-hybridized carbons (Fsp3) is 0.522. The van der Waals surface area contributed by atoms with Gasteiger partial charge in [-0.2, -0.15) is 0 Å². The van der Waals surface area contributed by atoms with Gasteiger partial charge in [-0.25, -0.2) is 4.98 Å². The van der Waals surface area contributed by atoms with Gasteiger partial charge in [0, 0.05) is 24.7 Å². The van der Waals surface area contributed by atoms with Crippen LogP contribution in [0.3, 0.4) is 0 Å². The number of pyridine rings is 1. The molecule has 1 saturated heterocycles. The third kappa shape index (κ3) is 3.78. The molecule has 2 unspecified atom stereocenters. The van der Waals surface area contributed by atoms with Crippen molar-refractivity contribution in [1.82, 2.24) is 4.98 Å². The molecule has 0 spiro atoms. The van der Waals surface area contributed by atoms with Crippen LogP contribution in [-0.4, -0.2) is 37.2 Å². The maximum atomic E-state index is 4.88. The van der Waals surface area contributed by atoms with Crippen LogP contribution >= 0.6 is 0 Å². The number of benzene rings is 1. The van der Waals surface area contributed by atoms with Gasteiger partial charge in [-0.1, -0.05) is 30.3 Å². The number of likely N-dealkylation sites (tertiary alicyclic amines) is 1. The molecule has 1 fully saturated rings. The highest BCUT2D eigenvalue weighted by Crippen LogP contribution is 2.28. The van der Waals surface area contributed by atoms with Gasteiger partial charge >= 0.3 is 0 Å². The minimum atomic E-state index is 0.547. The quantitative estimate of drug-likeness (QED) is 0.895. The SMILES string of the molecule is Cc1cccc(N(CCC2CCCC[NH+]2C)C2Cc3ccccc3C2)n1. The van der Waals surface area contributed by atoms with E-state index in [4.69, 9.17) is 4.98 Å². The number of piperidine rings is 1. The number of aryl methyl sites for hydroxylation is 1. The van der Waals surface area contributed by atoms with Crippen molar-refractivity contribution in [3.05, 3.63) is 59.3 Å². The highest BCUT2D eigenvalue weighted by Gasteiger charge is 2.29. The number of rotatable bonds is 5. The lowest BCUT2D eigenvalue weighted by Gasteiger charge is -2.34. The van der Waals surface area contributed by atoms with Crippen LogP contribution in [0, 0.1) is 6.92 Å². The lowest BCUT2D eigenvalue weighted by Crippen LogP contribution is -3.13. The largest absolute Gasteiger partial charge is 0.353 e. The van der Waals surface area contributed by atoms with Crippen molar-refractivity contribution in [2.45, 2.75) is 57.5 Å². The monoisotopic (exact) mass is 350 g/mol. The lowest BCUT2D eigenvalue weighted by molar-refractivity contribution is -0.911. The van der Waals surface area contributed by atoms with E-state index < -0.39 is 0 Å². The van der Waals surface area contributed by atoms with E-state index in [0.717, 1.165) is 36.9 Å². The Labute approximate surface area is 158 Å². The molecule has 26 heavy (non-hydrogen) atoms. The first kappa shape index (κ1) is 17.5. The highest BCUT2D eigenvalue weighted by molar-refractivity contribution is 5.45. The first-order chi connectivity index (χ1) is 12.7. The predicted molar refractivity (Wildman–Crippen MR) is 108 cm³/mol. The van der Waals surface area contributed by atoms with Crippen molar-refractivity contribution in [2.24, 2.45) is 0 Å². The summed E-state index contributed by atoms with van der Waals surface area (Å²) in [5.41, 5.74) is 4.16. The standard InChI is InChI=1S/C23H31N3/c1-18-8-7-12-23(24-18)26(15-13-21-11-5-6-14-25(21)2)22-16-19-9-3-4-10-20(19)17-22/h3-4,7-10,12,21-22H,5-6,11,13-17H2,1-2H3/p+1. The zero-order valence-corrected chi connectivity index (χ0v) is 16.2. The first-order valence-corrected chi connectivity index (χ1v) is 10.3. The van der Waals surface area contributed by atoms with Gasteiger partial charge in [0.15, 0.2) is 0 Å². The molecule has 2 aliphatic rings. The normalized spacial score (nSPS) is 23.0. The average molecular weight is 351 g/mol. The number of quaternary nitrogens is 1. The van der Waals surface area contributed by atoms with Crippen molar-refractivity contribution in [2.75, 3.05) is 25.0 Å². The molecular weight excluding hydrogens is 318 g/mol. The summed E-state index contributed by atoms with van der Waals surface area (Å²) in [4.78, 5) is 9.21. The Kier molecular flexibility index (Phi) is 5.26. The number of hydrogen-bond acceptors (Lipinski definition) is 2. The van der Waals surface area contributed by atoms with E-state index in [1.807, 2.05) is 0 Å². The van der Waals surface area contributed by atoms with Crippen molar-refractivity contribution < 1.29 is 4.90 Å². The van der Waals surface area contributed by atoms with Gasteiger partial charge in [-0.3, -0.25) is 0 Å². The molecule has 1 aromatic carbocycles. The molecule has 1 aromatic heterocycles. The molecule has 0 bridgehead atoms. The molecule has 0 radical (unpaired) electrons. The second kappa shape index (κ2) is 7.79. The number of fused-ring (bicyclic) bond motifs is 1. The van der Waals surface area contributed by atoms with Gasteiger partial charge < -0.3 is 9.80 Å². The minimum absolute atomic E-state index is 0.547. The smallest absolute Gasteiger partial charge is 0.129 e. The van der Waals surface area contributed by atoms with E-state index in [0.29, 0.717) is 6.04 Å². The molecule has 2 aromatic rings. The molecule has 0 amide bonds. The topological polar surface area (TPSA) is 20.6 Å². The second-order valence-electron chi connectivity index (χ2n) is 8.24. The first-order valence-electron chi connectivity index (χ1n) is 10.3. The highest BCUT2D eigenvalue weighted by atomic mass is 15.2. The van der Waals surface area contributed by atoms with E-state index in [9.17, 15) is 0 Å². The van der Waals surface area contributed by atoms with E-state index >= 15 is 0 Å². The molecule has 1 aliphatic heterocycles. The molecule has 3 heteroatoms. The van der Waals surface area contributed by atoms with Gasteiger partial charge in [-0.05, 0) is 62.3 Å². The summed E-state index contributed by atoms with van der Waals surface area (Å²) in [6.07, 6.45) is 7.75. The fourth-order valence-corrected chi connectivity index (χ4v) is 4.86. The van der Waals surface area contributed by atoms with Crippen LogP contribution in [0.4, 0.5) is 5.82 Å². The van der Waals surface area contributed by atoms with Gasteiger partial charge in [0.05, 0.1) is 19.6 Å². The van der Waals surface area contributed by atoms with E-state index in [-0.39, 0.29) is 0 Å². The van der Waals surface area contributed by atoms with Crippen LogP contribution in [-0.2, 0) is 12.8 Å². The number of nitrogens with one attached hydrogen (secondary N) is 1. The summed E-state index contributed by atoms with van der Waals surface area (Å²) >= 11 is 0. The Morgan fingerprint density at radius 3 is 2.50 bits per heavy atom. The average Bonchev–Trinajstić information content (AvgIpc) is 3.07. The van der Waals surface area contributed by atoms with Crippen LogP contribution < -0.4 is 9.80 Å². The zero-order chi connectivity index (χ0) is 17.9. The van der Waals surface area contributed by atoms with E-state index in [2.05, 4.69) is 61.3 Å². The maximum absolute atomic E-state index is 4.88. The van der Waals surface area contributed by atoms with Crippen LogP contribution in [0.5, 0.6) is 0 Å². The number of hydrogen-bond donors (Lipinski definition) is 1. The van der Waals surface area contributed by atoms with E-state index in [1.54, 1.807) is 4.90 Å². The van der Waals surface area contributed by atoms with Crippen LogP contribution in [0.15, 0.2) is 42.5 Å². The summed E-state index contributed by atoms with van der Waals surface area (Å²) in [5.74, 6) is 1.16. The predicted octanol–water partition coefficient (Wildman–Crippen LogP) is 2.82. The van der Waals surface area contributed by atoms with Crippen molar-refractivity contribution in [3.8, 4) is 0 Å². The second-order valence-corrected chi connectivity index (χ2v) is 8.24. The molecule has 1 aliphatic carbocycles. The number of anilines is 1. The summed E-state index contributed by atoms with van der Waals surface area (Å²) in [6.45, 7) is 4.56. The third-order valence-corrected chi connectivity index (χ3v) is 6.43. The Morgan fingerprint density at radius 1 is 1.04 bits per heavy atom. The molecular formula is C23H32N3+. The van der Waals surface area contributed by atoms with Gasteiger partial charge in [0.1, 0.15) is 5.82 Å². The Balaban J connectivity index is 1.52. The molecule has 4 rings (SSSR count). The lowest BCUT2D eigenvalue weighted by atomic mass is 9.99. The Bertz CT molecular complexity index is 717. The summed E-state index contributed by atoms with van der Waals surface area (Å²) in [5, 5.41) is 0. The van der Waals surface area contributed by atoms with Crippen LogP contribution in [0.25, 0.3) is 0 Å². The van der Waals surface area contributed by atoms with Gasteiger partial charge in [0.2, 0.25) is 0 Å². The van der Waals surface area contributed by atoms with Crippen LogP contribution in [0.2, 0.25) is 0 Å². The van der Waals surface area contributed by atoms with Crippen molar-refractivity contribution in [3.63, 3.8) is 0 Å². The van der Waals surface area contributed by atoms with Gasteiger partial charge in [-0.15, -0.1) is 0 Å². The number of nitrogens with zero attached hydrogens (tertiary/aromatic N) is 2. The molecule has 1 N–H and O–H groups in total. The van der Waals surface area contributed by atoms with Crippen LogP contribution in [0.1, 0.15) is 42.5 Å². The Hall–Kier alpha value is -1.87. The third-order valence-electron chi connectivity index (χ3n) is 6.43. The Morgan fingerprint density at radius 2 is 1.81 bits per heavy atom. The summed E-state index contributed by atoms with van der Waals surface area (Å²) < 4.78 is 0. The number of aromatic nitrogens is 1. The van der Waals surface area contributed by atoms with E-state index in [1.165, 1.54) is 43.4 Å². The molecule has 2 atom stereocenters. The molecule has 2 heterocycles.